The first kappa shape index (κ1) is 16.9. The summed E-state index contributed by atoms with van der Waals surface area (Å²) in [5, 5.41) is 10.2. The number of methoxy groups -OCH3 is 1. The van der Waals surface area contributed by atoms with Crippen LogP contribution < -0.4 is 4.18 Å². The van der Waals surface area contributed by atoms with Gasteiger partial charge in [-0.25, -0.2) is 4.79 Å². The molecule has 10 heteroatoms. The molecular weight excluding hydrogens is 341 g/mol. The van der Waals surface area contributed by atoms with Crippen molar-refractivity contribution >= 4 is 26.9 Å². The Kier molecular flexibility index (Phi) is 4.12. The van der Waals surface area contributed by atoms with Crippen LogP contribution in [-0.4, -0.2) is 32.1 Å². The molecule has 0 amide bonds. The van der Waals surface area contributed by atoms with Gasteiger partial charge in [-0.05, 0) is 35.0 Å². The summed E-state index contributed by atoms with van der Waals surface area (Å²) in [7, 11) is -4.71. The fourth-order valence-corrected chi connectivity index (χ4v) is 2.21. The van der Waals surface area contributed by atoms with E-state index in [1.54, 1.807) is 0 Å². The summed E-state index contributed by atoms with van der Waals surface area (Å²) >= 11 is 0. The number of hydrogen-bond donors (Lipinski definition) is 1. The van der Waals surface area contributed by atoms with E-state index in [2.05, 4.69) is 8.92 Å². The van der Waals surface area contributed by atoms with Crippen LogP contribution in [0.15, 0.2) is 30.3 Å². The van der Waals surface area contributed by atoms with Gasteiger partial charge >= 0.3 is 21.6 Å². The van der Waals surface area contributed by atoms with Crippen LogP contribution in [0.4, 0.5) is 13.2 Å². The van der Waals surface area contributed by atoms with Crippen LogP contribution in [0.2, 0.25) is 0 Å². The van der Waals surface area contributed by atoms with Gasteiger partial charge in [-0.15, -0.1) is 0 Å². The predicted molar refractivity (Wildman–Crippen MR) is 72.6 cm³/mol. The van der Waals surface area contributed by atoms with Crippen LogP contribution in [0, 0.1) is 0 Å². The van der Waals surface area contributed by atoms with Crippen LogP contribution in [0.3, 0.4) is 0 Å². The van der Waals surface area contributed by atoms with Gasteiger partial charge in [0.15, 0.2) is 0 Å². The second-order valence-corrected chi connectivity index (χ2v) is 5.89. The van der Waals surface area contributed by atoms with E-state index in [1.165, 1.54) is 12.1 Å². The van der Waals surface area contributed by atoms with E-state index in [4.69, 9.17) is 0 Å². The molecule has 1 N–H and O–H groups in total. The van der Waals surface area contributed by atoms with Gasteiger partial charge in [-0.1, -0.05) is 6.07 Å². The topological polar surface area (TPSA) is 89.9 Å². The van der Waals surface area contributed by atoms with Crippen molar-refractivity contribution < 1.29 is 40.4 Å². The number of ether oxygens (including phenoxy) is 1. The molecule has 2 aromatic carbocycles. The first-order chi connectivity index (χ1) is 10.5. The molecule has 0 aromatic heterocycles. The number of carbonyl (C=O) groups excluding carboxylic acids is 1. The number of alkyl halides is 3. The highest BCUT2D eigenvalue weighted by atomic mass is 32.2. The summed E-state index contributed by atoms with van der Waals surface area (Å²) in [5.41, 5.74) is -5.79. The standard InChI is InChI=1S/C13H9F3O6S/c1-21-12(18)10-5-8-4-9(3-2-7(8)6-11(10)17)22-23(19,20)13(14,15)16/h2-6,17H,1H3. The molecule has 0 heterocycles. The van der Waals surface area contributed by atoms with E-state index < -0.39 is 27.3 Å². The number of carbonyl (C=O) groups is 1. The number of halogens is 3. The normalized spacial score (nSPS) is 12.2. The number of benzene rings is 2. The molecule has 23 heavy (non-hydrogen) atoms. The molecule has 0 saturated heterocycles. The Hall–Kier alpha value is -2.49. The first-order valence-electron chi connectivity index (χ1n) is 5.91. The van der Waals surface area contributed by atoms with Crippen molar-refractivity contribution in [3.05, 3.63) is 35.9 Å². The van der Waals surface area contributed by atoms with Gasteiger partial charge < -0.3 is 14.0 Å². The smallest absolute Gasteiger partial charge is 0.507 e. The molecule has 0 saturated carbocycles. The van der Waals surface area contributed by atoms with E-state index in [0.29, 0.717) is 5.39 Å². The molecule has 0 fully saturated rings. The third kappa shape index (κ3) is 3.31. The van der Waals surface area contributed by atoms with Crippen LogP contribution >= 0.6 is 0 Å². The SMILES string of the molecule is COC(=O)c1cc2cc(OS(=O)(=O)C(F)(F)F)ccc2cc1O. The van der Waals surface area contributed by atoms with Gasteiger partial charge in [0.25, 0.3) is 0 Å². The second kappa shape index (κ2) is 5.61. The van der Waals surface area contributed by atoms with Crippen LogP contribution in [0.25, 0.3) is 10.8 Å². The van der Waals surface area contributed by atoms with Crippen LogP contribution in [0.5, 0.6) is 11.5 Å². The lowest BCUT2D eigenvalue weighted by Crippen LogP contribution is -2.28. The molecule has 0 aliphatic carbocycles. The molecular formula is C13H9F3O6S. The predicted octanol–water partition coefficient (Wildman–Crippen LogP) is 2.56. The Bertz CT molecular complexity index is 873. The van der Waals surface area contributed by atoms with Crippen LogP contribution in [0.1, 0.15) is 10.4 Å². The monoisotopic (exact) mass is 350 g/mol. The van der Waals surface area contributed by atoms with E-state index in [9.17, 15) is 31.5 Å². The third-order valence-corrected chi connectivity index (χ3v) is 3.80. The summed E-state index contributed by atoms with van der Waals surface area (Å²) < 4.78 is 67.3. The molecule has 0 bridgehead atoms. The van der Waals surface area contributed by atoms with E-state index in [0.717, 1.165) is 25.3 Å². The Morgan fingerprint density at radius 1 is 1.13 bits per heavy atom. The highest BCUT2D eigenvalue weighted by molar-refractivity contribution is 7.88. The Labute approximate surface area is 128 Å². The fraction of sp³-hybridized carbons (Fsp3) is 0.154. The number of aromatic hydroxyl groups is 1. The first-order valence-corrected chi connectivity index (χ1v) is 7.32. The van der Waals surface area contributed by atoms with Crippen molar-refractivity contribution in [1.29, 1.82) is 0 Å². The van der Waals surface area contributed by atoms with Crippen molar-refractivity contribution in [2.75, 3.05) is 7.11 Å². The largest absolute Gasteiger partial charge is 0.534 e. The Morgan fingerprint density at radius 3 is 2.35 bits per heavy atom. The molecule has 0 atom stereocenters. The summed E-state index contributed by atoms with van der Waals surface area (Å²) in [4.78, 5) is 11.5. The minimum Gasteiger partial charge on any atom is -0.507 e. The van der Waals surface area contributed by atoms with E-state index in [1.807, 2.05) is 0 Å². The summed E-state index contributed by atoms with van der Waals surface area (Å²) in [6, 6.07) is 5.54. The molecule has 6 nitrogen and oxygen atoms in total. The van der Waals surface area contributed by atoms with Gasteiger partial charge in [0.1, 0.15) is 17.1 Å². The highest BCUT2D eigenvalue weighted by Crippen LogP contribution is 2.31. The molecule has 0 aliphatic heterocycles. The van der Waals surface area contributed by atoms with Gasteiger partial charge in [-0.2, -0.15) is 21.6 Å². The van der Waals surface area contributed by atoms with Gasteiger partial charge in [0.2, 0.25) is 0 Å². The molecule has 0 radical (unpaired) electrons. The minimum absolute atomic E-state index is 0.179. The maximum absolute atomic E-state index is 12.3. The van der Waals surface area contributed by atoms with Crippen molar-refractivity contribution in [1.82, 2.24) is 0 Å². The number of esters is 1. The molecule has 0 spiro atoms. The van der Waals surface area contributed by atoms with Crippen molar-refractivity contribution in [3.63, 3.8) is 0 Å². The Morgan fingerprint density at radius 2 is 1.78 bits per heavy atom. The van der Waals surface area contributed by atoms with E-state index >= 15 is 0 Å². The number of phenols is 1. The van der Waals surface area contributed by atoms with Gasteiger partial charge in [0, 0.05) is 0 Å². The van der Waals surface area contributed by atoms with Crippen molar-refractivity contribution in [2.24, 2.45) is 0 Å². The van der Waals surface area contributed by atoms with Crippen molar-refractivity contribution in [2.45, 2.75) is 5.51 Å². The van der Waals surface area contributed by atoms with Gasteiger partial charge in [0.05, 0.1) is 7.11 Å². The Balaban J connectivity index is 2.50. The maximum Gasteiger partial charge on any atom is 0.534 e. The fourth-order valence-electron chi connectivity index (χ4n) is 1.76. The zero-order valence-electron chi connectivity index (χ0n) is 11.4. The lowest BCUT2D eigenvalue weighted by Gasteiger charge is -2.10. The molecule has 0 unspecified atom stereocenters. The number of phenolic OH excluding ortho intramolecular Hbond substituents is 1. The number of fused-ring (bicyclic) bond motifs is 1. The lowest BCUT2D eigenvalue weighted by molar-refractivity contribution is -0.0500. The van der Waals surface area contributed by atoms with Crippen molar-refractivity contribution in [3.8, 4) is 11.5 Å². The number of hydrogen-bond acceptors (Lipinski definition) is 6. The zero-order chi connectivity index (χ0) is 17.4. The molecule has 2 rings (SSSR count). The second-order valence-electron chi connectivity index (χ2n) is 4.35. The quantitative estimate of drug-likeness (QED) is 0.520. The summed E-state index contributed by atoms with van der Waals surface area (Å²) in [6.07, 6.45) is 0. The van der Waals surface area contributed by atoms with E-state index in [-0.39, 0.29) is 16.7 Å². The molecule has 124 valence electrons. The third-order valence-electron chi connectivity index (χ3n) is 2.82. The zero-order valence-corrected chi connectivity index (χ0v) is 12.2. The molecule has 2 aromatic rings. The lowest BCUT2D eigenvalue weighted by atomic mass is 10.1. The van der Waals surface area contributed by atoms with Gasteiger partial charge in [-0.3, -0.25) is 0 Å². The number of rotatable bonds is 3. The highest BCUT2D eigenvalue weighted by Gasteiger charge is 2.48. The summed E-state index contributed by atoms with van der Waals surface area (Å²) in [5.74, 6) is -1.84. The average molecular weight is 350 g/mol. The average Bonchev–Trinajstić information content (AvgIpc) is 2.44. The molecule has 0 aliphatic rings. The minimum atomic E-state index is -5.80. The summed E-state index contributed by atoms with van der Waals surface area (Å²) in [6.45, 7) is 0. The van der Waals surface area contributed by atoms with Crippen LogP contribution in [-0.2, 0) is 14.9 Å². The maximum atomic E-state index is 12.3.